The fourth-order valence-electron chi connectivity index (χ4n) is 2.48. The number of nitrogens with zero attached hydrogens (tertiary/aromatic N) is 1. The molecule has 2 nitrogen and oxygen atoms in total. The number of hydrogen-bond donors (Lipinski definition) is 0. The van der Waals surface area contributed by atoms with Crippen molar-refractivity contribution in [1.29, 1.82) is 0 Å². The molecule has 1 amide bonds. The molecule has 0 spiro atoms. The average molecular weight is 269 g/mol. The molecule has 0 aliphatic carbocycles. The van der Waals surface area contributed by atoms with Gasteiger partial charge in [0.2, 0.25) is 0 Å². The molecule has 1 heterocycles. The second-order valence-corrected chi connectivity index (χ2v) is 5.23. The van der Waals surface area contributed by atoms with Crippen molar-refractivity contribution in [2.45, 2.75) is 19.4 Å². The summed E-state index contributed by atoms with van der Waals surface area (Å²) in [6, 6.07) is 14.1. The monoisotopic (exact) mass is 269 g/mol. The number of rotatable bonds is 2. The van der Waals surface area contributed by atoms with Gasteiger partial charge in [0.05, 0.1) is 0 Å². The number of likely N-dealkylation sites (tertiary alicyclic amines) is 1. The van der Waals surface area contributed by atoms with Crippen LogP contribution in [0.15, 0.2) is 48.5 Å². The Labute approximate surface area is 117 Å². The third kappa shape index (κ3) is 2.31. The van der Waals surface area contributed by atoms with Gasteiger partial charge in [-0.05, 0) is 48.7 Å². The summed E-state index contributed by atoms with van der Waals surface area (Å²) in [5.74, 6) is -0.211. The highest BCUT2D eigenvalue weighted by Gasteiger charge is 2.28. The highest BCUT2D eigenvalue weighted by molar-refractivity contribution is 5.96. The summed E-state index contributed by atoms with van der Waals surface area (Å²) in [6.07, 6.45) is 1.06. The molecule has 0 saturated carbocycles. The van der Waals surface area contributed by atoms with Gasteiger partial charge in [-0.25, -0.2) is 4.39 Å². The van der Waals surface area contributed by atoms with E-state index in [9.17, 15) is 9.18 Å². The standard InChI is InChI=1S/C17H16FNO/c1-12-8-9-19(12)17(20)15-6-2-4-13(10-15)14-5-3-7-16(18)11-14/h2-7,10-12H,8-9H2,1H3. The first-order valence-electron chi connectivity index (χ1n) is 6.82. The predicted molar refractivity (Wildman–Crippen MR) is 77.0 cm³/mol. The van der Waals surface area contributed by atoms with Crippen LogP contribution < -0.4 is 0 Å². The van der Waals surface area contributed by atoms with Crippen molar-refractivity contribution < 1.29 is 9.18 Å². The fourth-order valence-corrected chi connectivity index (χ4v) is 2.48. The topological polar surface area (TPSA) is 20.3 Å². The molecule has 0 aromatic heterocycles. The lowest BCUT2D eigenvalue weighted by molar-refractivity contribution is 0.0502. The van der Waals surface area contributed by atoms with Crippen molar-refractivity contribution in [3.05, 3.63) is 59.9 Å². The van der Waals surface area contributed by atoms with E-state index in [2.05, 4.69) is 6.92 Å². The predicted octanol–water partition coefficient (Wildman–Crippen LogP) is 3.73. The van der Waals surface area contributed by atoms with Crippen LogP contribution >= 0.6 is 0 Å². The highest BCUT2D eigenvalue weighted by Crippen LogP contribution is 2.24. The van der Waals surface area contributed by atoms with Crippen molar-refractivity contribution in [2.75, 3.05) is 6.54 Å². The van der Waals surface area contributed by atoms with Gasteiger partial charge in [0, 0.05) is 18.2 Å². The Balaban J connectivity index is 1.91. The van der Waals surface area contributed by atoms with Crippen molar-refractivity contribution >= 4 is 5.91 Å². The van der Waals surface area contributed by atoms with Crippen LogP contribution in [0.2, 0.25) is 0 Å². The fraction of sp³-hybridized carbons (Fsp3) is 0.235. The van der Waals surface area contributed by atoms with Crippen molar-refractivity contribution in [1.82, 2.24) is 4.90 Å². The van der Waals surface area contributed by atoms with E-state index in [1.54, 1.807) is 6.07 Å². The Morgan fingerprint density at radius 3 is 2.45 bits per heavy atom. The molecule has 20 heavy (non-hydrogen) atoms. The number of hydrogen-bond acceptors (Lipinski definition) is 1. The highest BCUT2D eigenvalue weighted by atomic mass is 19.1. The summed E-state index contributed by atoms with van der Waals surface area (Å²) in [5, 5.41) is 0. The lowest BCUT2D eigenvalue weighted by Crippen LogP contribution is -2.49. The minimum absolute atomic E-state index is 0.0574. The van der Waals surface area contributed by atoms with Crippen molar-refractivity contribution in [2.24, 2.45) is 0 Å². The second-order valence-electron chi connectivity index (χ2n) is 5.23. The van der Waals surface area contributed by atoms with E-state index < -0.39 is 0 Å². The smallest absolute Gasteiger partial charge is 0.254 e. The Hall–Kier alpha value is -2.16. The zero-order chi connectivity index (χ0) is 14.1. The molecule has 102 valence electrons. The third-order valence-electron chi connectivity index (χ3n) is 3.85. The van der Waals surface area contributed by atoms with Gasteiger partial charge in [-0.2, -0.15) is 0 Å². The minimum Gasteiger partial charge on any atom is -0.336 e. The zero-order valence-electron chi connectivity index (χ0n) is 11.3. The van der Waals surface area contributed by atoms with Crippen LogP contribution in [0.1, 0.15) is 23.7 Å². The Morgan fingerprint density at radius 2 is 1.85 bits per heavy atom. The number of carbonyl (C=O) groups is 1. The van der Waals surface area contributed by atoms with E-state index >= 15 is 0 Å². The number of carbonyl (C=O) groups excluding carboxylic acids is 1. The van der Waals surface area contributed by atoms with Crippen LogP contribution in [-0.2, 0) is 0 Å². The zero-order valence-corrected chi connectivity index (χ0v) is 11.3. The van der Waals surface area contributed by atoms with Crippen LogP contribution in [-0.4, -0.2) is 23.4 Å². The van der Waals surface area contributed by atoms with Gasteiger partial charge in [0.1, 0.15) is 5.82 Å². The van der Waals surface area contributed by atoms with Gasteiger partial charge in [-0.15, -0.1) is 0 Å². The molecule has 0 N–H and O–H groups in total. The minimum atomic E-state index is -0.268. The number of amides is 1. The average Bonchev–Trinajstić information content (AvgIpc) is 2.46. The maximum atomic E-state index is 13.3. The van der Waals surface area contributed by atoms with Gasteiger partial charge < -0.3 is 4.90 Å². The molecule has 1 aliphatic rings. The quantitative estimate of drug-likeness (QED) is 0.813. The largest absolute Gasteiger partial charge is 0.336 e. The van der Waals surface area contributed by atoms with E-state index in [4.69, 9.17) is 0 Å². The summed E-state index contributed by atoms with van der Waals surface area (Å²) >= 11 is 0. The molecule has 0 radical (unpaired) electrons. The first kappa shape index (κ1) is 12.9. The van der Waals surface area contributed by atoms with Gasteiger partial charge in [0.15, 0.2) is 0 Å². The molecule has 1 unspecified atom stereocenters. The molecule has 3 rings (SSSR count). The van der Waals surface area contributed by atoms with E-state index in [1.807, 2.05) is 35.2 Å². The van der Waals surface area contributed by atoms with E-state index in [-0.39, 0.29) is 11.7 Å². The summed E-state index contributed by atoms with van der Waals surface area (Å²) in [7, 11) is 0. The van der Waals surface area contributed by atoms with E-state index in [0.717, 1.165) is 24.1 Å². The van der Waals surface area contributed by atoms with Crippen LogP contribution in [0.25, 0.3) is 11.1 Å². The van der Waals surface area contributed by atoms with Gasteiger partial charge in [0.25, 0.3) is 5.91 Å². The maximum Gasteiger partial charge on any atom is 0.254 e. The van der Waals surface area contributed by atoms with Crippen molar-refractivity contribution in [3.63, 3.8) is 0 Å². The first-order chi connectivity index (χ1) is 9.65. The van der Waals surface area contributed by atoms with E-state index in [1.165, 1.54) is 12.1 Å². The normalized spacial score (nSPS) is 17.7. The molecule has 1 saturated heterocycles. The number of halogens is 1. The summed E-state index contributed by atoms with van der Waals surface area (Å²) in [5.41, 5.74) is 2.32. The van der Waals surface area contributed by atoms with Gasteiger partial charge in [-0.3, -0.25) is 4.79 Å². The van der Waals surface area contributed by atoms with Crippen LogP contribution in [0.5, 0.6) is 0 Å². The Kier molecular flexibility index (Phi) is 3.26. The molecular weight excluding hydrogens is 253 g/mol. The molecule has 1 fully saturated rings. The van der Waals surface area contributed by atoms with Gasteiger partial charge in [-0.1, -0.05) is 24.3 Å². The van der Waals surface area contributed by atoms with Crippen molar-refractivity contribution in [3.8, 4) is 11.1 Å². The van der Waals surface area contributed by atoms with Gasteiger partial charge >= 0.3 is 0 Å². The molecule has 2 aromatic rings. The Morgan fingerprint density at radius 1 is 1.15 bits per heavy atom. The van der Waals surface area contributed by atoms with E-state index in [0.29, 0.717) is 11.6 Å². The summed E-state index contributed by atoms with van der Waals surface area (Å²) in [6.45, 7) is 2.88. The molecule has 2 aromatic carbocycles. The molecule has 1 aliphatic heterocycles. The van der Waals surface area contributed by atoms with Crippen LogP contribution in [0, 0.1) is 5.82 Å². The SMILES string of the molecule is CC1CCN1C(=O)c1cccc(-c2cccc(F)c2)c1. The first-order valence-corrected chi connectivity index (χ1v) is 6.82. The Bertz CT molecular complexity index is 653. The summed E-state index contributed by atoms with van der Waals surface area (Å²) < 4.78 is 13.3. The summed E-state index contributed by atoms with van der Waals surface area (Å²) in [4.78, 5) is 14.2. The second kappa shape index (κ2) is 5.08. The number of benzene rings is 2. The lowest BCUT2D eigenvalue weighted by atomic mass is 9.99. The van der Waals surface area contributed by atoms with Crippen LogP contribution in [0.3, 0.4) is 0 Å². The third-order valence-corrected chi connectivity index (χ3v) is 3.85. The maximum absolute atomic E-state index is 13.3. The van der Waals surface area contributed by atoms with Crippen LogP contribution in [0.4, 0.5) is 4.39 Å². The molecular formula is C17H16FNO. The molecule has 0 bridgehead atoms. The lowest BCUT2D eigenvalue weighted by Gasteiger charge is -2.38. The molecule has 3 heteroatoms. The molecule has 1 atom stereocenters.